The first kappa shape index (κ1) is 23.5. The molecule has 4 rings (SSSR count). The lowest BCUT2D eigenvalue weighted by molar-refractivity contribution is -0.117. The van der Waals surface area contributed by atoms with Crippen LogP contribution in [0.15, 0.2) is 79.4 Å². The van der Waals surface area contributed by atoms with E-state index >= 15 is 0 Å². The number of ether oxygens (including phenoxy) is 1. The van der Waals surface area contributed by atoms with Crippen molar-refractivity contribution >= 4 is 29.2 Å². The molecule has 178 valence electrons. The van der Waals surface area contributed by atoms with Crippen LogP contribution >= 0.6 is 0 Å². The molecular formula is C26H25N5O4. The summed E-state index contributed by atoms with van der Waals surface area (Å²) in [6.07, 6.45) is 2.00. The zero-order valence-corrected chi connectivity index (χ0v) is 18.9. The van der Waals surface area contributed by atoms with E-state index < -0.39 is 5.91 Å². The van der Waals surface area contributed by atoms with Gasteiger partial charge in [-0.2, -0.15) is 4.98 Å². The first-order chi connectivity index (χ1) is 16.9. The fourth-order valence-corrected chi connectivity index (χ4v) is 3.73. The fourth-order valence-electron chi connectivity index (χ4n) is 3.73. The number of nitrogens with two attached hydrogens (primary N) is 1. The molecule has 1 fully saturated rings. The van der Waals surface area contributed by atoms with Crippen LogP contribution in [0, 0.1) is 0 Å². The first-order valence-corrected chi connectivity index (χ1v) is 11.1. The number of rotatable bonds is 8. The van der Waals surface area contributed by atoms with Gasteiger partial charge in [-0.3, -0.25) is 14.4 Å². The summed E-state index contributed by atoms with van der Waals surface area (Å²) in [6, 6.07) is 18.8. The lowest BCUT2D eigenvalue weighted by Crippen LogP contribution is -2.36. The molecule has 1 aromatic heterocycles. The Labute approximate surface area is 202 Å². The Morgan fingerprint density at radius 2 is 1.80 bits per heavy atom. The number of pyridine rings is 1. The van der Waals surface area contributed by atoms with Gasteiger partial charge in [-0.1, -0.05) is 24.8 Å². The molecule has 2 aromatic carbocycles. The van der Waals surface area contributed by atoms with E-state index in [1.54, 1.807) is 60.7 Å². The largest absolute Gasteiger partial charge is 0.438 e. The Morgan fingerprint density at radius 1 is 1.06 bits per heavy atom. The third kappa shape index (κ3) is 5.83. The highest BCUT2D eigenvalue weighted by atomic mass is 16.5. The summed E-state index contributed by atoms with van der Waals surface area (Å²) in [5.74, 6) is -0.00310. The summed E-state index contributed by atoms with van der Waals surface area (Å²) < 4.78 is 5.89. The minimum absolute atomic E-state index is 0.0267. The Bertz CT molecular complexity index is 1240. The van der Waals surface area contributed by atoms with Gasteiger partial charge in [0, 0.05) is 30.4 Å². The summed E-state index contributed by atoms with van der Waals surface area (Å²) in [5, 5.41) is 5.70. The van der Waals surface area contributed by atoms with Crippen LogP contribution in [0.5, 0.6) is 11.6 Å². The number of amides is 3. The molecular weight excluding hydrogens is 446 g/mol. The number of anilines is 2. The monoisotopic (exact) mass is 471 g/mol. The predicted molar refractivity (Wildman–Crippen MR) is 133 cm³/mol. The standard InChI is InChI=1S/C26H25N5O4/c1-2-23(32)28-19-14-15-31(16-19)22-13-12-21(24(27)33)26(30-22)35-20-10-8-18(9-11-20)29-25(34)17-6-4-3-5-7-17/h2-13,19H,1,14-16H2,(H2,27,33)(H,28,32)(H,29,34)/t19-/m0/s1. The average molecular weight is 472 g/mol. The van der Waals surface area contributed by atoms with Crippen molar-refractivity contribution in [2.24, 2.45) is 5.73 Å². The molecule has 0 saturated carbocycles. The van der Waals surface area contributed by atoms with Crippen LogP contribution in [0.1, 0.15) is 27.1 Å². The van der Waals surface area contributed by atoms with Crippen molar-refractivity contribution in [1.82, 2.24) is 10.3 Å². The van der Waals surface area contributed by atoms with Crippen LogP contribution in [0.4, 0.5) is 11.5 Å². The van der Waals surface area contributed by atoms with E-state index in [9.17, 15) is 14.4 Å². The van der Waals surface area contributed by atoms with Crippen LogP contribution in [-0.2, 0) is 4.79 Å². The number of carbonyl (C=O) groups is 3. The highest BCUT2D eigenvalue weighted by molar-refractivity contribution is 6.04. The van der Waals surface area contributed by atoms with Gasteiger partial charge in [0.15, 0.2) is 0 Å². The van der Waals surface area contributed by atoms with E-state index in [1.807, 2.05) is 11.0 Å². The number of carbonyl (C=O) groups excluding carboxylic acids is 3. The third-order valence-corrected chi connectivity index (χ3v) is 5.52. The average Bonchev–Trinajstić information content (AvgIpc) is 3.34. The van der Waals surface area contributed by atoms with E-state index in [2.05, 4.69) is 22.2 Å². The molecule has 0 aliphatic carbocycles. The van der Waals surface area contributed by atoms with E-state index in [0.29, 0.717) is 35.9 Å². The molecule has 9 heteroatoms. The molecule has 0 bridgehead atoms. The van der Waals surface area contributed by atoms with Crippen LogP contribution in [-0.4, -0.2) is 41.8 Å². The van der Waals surface area contributed by atoms with E-state index in [0.717, 1.165) is 6.42 Å². The highest BCUT2D eigenvalue weighted by Gasteiger charge is 2.25. The minimum Gasteiger partial charge on any atom is -0.438 e. The smallest absolute Gasteiger partial charge is 0.255 e. The second-order valence-electron chi connectivity index (χ2n) is 7.98. The Kier molecular flexibility index (Phi) is 7.06. The highest BCUT2D eigenvalue weighted by Crippen LogP contribution is 2.28. The summed E-state index contributed by atoms with van der Waals surface area (Å²) in [4.78, 5) is 42.4. The van der Waals surface area contributed by atoms with Gasteiger partial charge in [0.05, 0.1) is 0 Å². The maximum Gasteiger partial charge on any atom is 0.255 e. The van der Waals surface area contributed by atoms with Gasteiger partial charge in [0.2, 0.25) is 11.8 Å². The molecule has 0 radical (unpaired) electrons. The number of hydrogen-bond acceptors (Lipinski definition) is 6. The molecule has 0 unspecified atom stereocenters. The summed E-state index contributed by atoms with van der Waals surface area (Å²) in [7, 11) is 0. The van der Waals surface area contributed by atoms with Gasteiger partial charge in [-0.25, -0.2) is 0 Å². The van der Waals surface area contributed by atoms with Crippen molar-refractivity contribution in [2.45, 2.75) is 12.5 Å². The minimum atomic E-state index is -0.664. The second kappa shape index (κ2) is 10.5. The number of nitrogens with one attached hydrogen (secondary N) is 2. The molecule has 1 atom stereocenters. The van der Waals surface area contributed by atoms with Crippen molar-refractivity contribution in [3.8, 4) is 11.6 Å². The van der Waals surface area contributed by atoms with Crippen LogP contribution in [0.2, 0.25) is 0 Å². The van der Waals surface area contributed by atoms with Crippen molar-refractivity contribution < 1.29 is 19.1 Å². The second-order valence-corrected chi connectivity index (χ2v) is 7.98. The number of hydrogen-bond donors (Lipinski definition) is 3. The molecule has 3 aromatic rings. The van der Waals surface area contributed by atoms with Crippen LogP contribution in [0.3, 0.4) is 0 Å². The number of aromatic nitrogens is 1. The molecule has 4 N–H and O–H groups in total. The Hall–Kier alpha value is -4.66. The fraction of sp³-hybridized carbons (Fsp3) is 0.154. The summed E-state index contributed by atoms with van der Waals surface area (Å²) >= 11 is 0. The van der Waals surface area contributed by atoms with Crippen LogP contribution in [0.25, 0.3) is 0 Å². The first-order valence-electron chi connectivity index (χ1n) is 11.1. The Morgan fingerprint density at radius 3 is 2.49 bits per heavy atom. The molecule has 1 aliphatic heterocycles. The van der Waals surface area contributed by atoms with Gasteiger partial charge in [-0.15, -0.1) is 0 Å². The molecule has 0 spiro atoms. The van der Waals surface area contributed by atoms with Crippen molar-refractivity contribution in [3.05, 3.63) is 90.5 Å². The van der Waals surface area contributed by atoms with Gasteiger partial charge in [0.25, 0.3) is 11.8 Å². The summed E-state index contributed by atoms with van der Waals surface area (Å²) in [6.45, 7) is 4.72. The molecule has 2 heterocycles. The zero-order chi connectivity index (χ0) is 24.8. The number of benzene rings is 2. The number of nitrogens with zero attached hydrogens (tertiary/aromatic N) is 2. The normalized spacial score (nSPS) is 14.7. The van der Waals surface area contributed by atoms with Gasteiger partial charge < -0.3 is 26.0 Å². The topological polar surface area (TPSA) is 127 Å². The van der Waals surface area contributed by atoms with Crippen molar-refractivity contribution in [1.29, 1.82) is 0 Å². The van der Waals surface area contributed by atoms with E-state index in [4.69, 9.17) is 10.5 Å². The zero-order valence-electron chi connectivity index (χ0n) is 18.9. The van der Waals surface area contributed by atoms with Crippen LogP contribution < -0.4 is 26.0 Å². The maximum absolute atomic E-state index is 12.3. The van der Waals surface area contributed by atoms with Crippen molar-refractivity contribution in [2.75, 3.05) is 23.3 Å². The van der Waals surface area contributed by atoms with Gasteiger partial charge >= 0.3 is 0 Å². The predicted octanol–water partition coefficient (Wildman–Crippen LogP) is 3.11. The molecule has 3 amide bonds. The van der Waals surface area contributed by atoms with E-state index in [-0.39, 0.29) is 29.3 Å². The summed E-state index contributed by atoms with van der Waals surface area (Å²) in [5.41, 5.74) is 6.81. The lowest BCUT2D eigenvalue weighted by Gasteiger charge is -2.19. The number of primary amides is 1. The molecule has 35 heavy (non-hydrogen) atoms. The maximum atomic E-state index is 12.3. The third-order valence-electron chi connectivity index (χ3n) is 5.52. The van der Waals surface area contributed by atoms with E-state index in [1.165, 1.54) is 6.08 Å². The molecule has 1 saturated heterocycles. The van der Waals surface area contributed by atoms with Gasteiger partial charge in [-0.05, 0) is 61.0 Å². The van der Waals surface area contributed by atoms with Gasteiger partial charge in [0.1, 0.15) is 17.1 Å². The molecule has 1 aliphatic rings. The quantitative estimate of drug-likeness (QED) is 0.433. The van der Waals surface area contributed by atoms with Crippen molar-refractivity contribution in [3.63, 3.8) is 0 Å². The SMILES string of the molecule is C=CC(=O)N[C@H]1CCN(c2ccc(C(N)=O)c(Oc3ccc(NC(=O)c4ccccc4)cc3)n2)C1. The molecule has 9 nitrogen and oxygen atoms in total. The lowest BCUT2D eigenvalue weighted by atomic mass is 10.2. The Balaban J connectivity index is 1.47.